The second kappa shape index (κ2) is 6.13. The number of nitrogens with zero attached hydrogens (tertiary/aromatic N) is 1. The first kappa shape index (κ1) is 14.7. The first-order chi connectivity index (χ1) is 9.58. The molecule has 110 valence electrons. The Hall–Kier alpha value is -1.75. The van der Waals surface area contributed by atoms with E-state index in [2.05, 4.69) is 5.16 Å². The van der Waals surface area contributed by atoms with E-state index < -0.39 is 5.60 Å². The van der Waals surface area contributed by atoms with E-state index in [1.807, 2.05) is 0 Å². The van der Waals surface area contributed by atoms with Crippen molar-refractivity contribution in [2.75, 3.05) is 13.7 Å². The molecule has 1 aromatic carbocycles. The third-order valence-electron chi connectivity index (χ3n) is 3.76. The molecule has 0 aromatic heterocycles. The Bertz CT molecular complexity index is 493. The predicted molar refractivity (Wildman–Crippen MR) is 75.9 cm³/mol. The van der Waals surface area contributed by atoms with Crippen LogP contribution in [-0.4, -0.2) is 35.3 Å². The van der Waals surface area contributed by atoms with E-state index >= 15 is 0 Å². The Morgan fingerprint density at radius 2 is 2.00 bits per heavy atom. The number of hydrogen-bond donors (Lipinski definition) is 2. The average Bonchev–Trinajstić information content (AvgIpc) is 2.91. The minimum atomic E-state index is -0.716. The fourth-order valence-electron chi connectivity index (χ4n) is 2.46. The maximum atomic E-state index is 10.3. The molecule has 0 heterocycles. The number of ether oxygens (including phenoxy) is 2. The number of oxime groups is 1. The topological polar surface area (TPSA) is 71.3 Å². The van der Waals surface area contributed by atoms with Crippen molar-refractivity contribution in [1.82, 2.24) is 0 Å². The number of aliphatic hydroxyl groups is 1. The van der Waals surface area contributed by atoms with Gasteiger partial charge in [-0.1, -0.05) is 18.0 Å². The first-order valence-corrected chi connectivity index (χ1v) is 6.80. The fourth-order valence-corrected chi connectivity index (χ4v) is 2.46. The van der Waals surface area contributed by atoms with Gasteiger partial charge in [-0.2, -0.15) is 0 Å². The lowest BCUT2D eigenvalue weighted by Gasteiger charge is -2.23. The molecule has 1 aliphatic carbocycles. The third-order valence-corrected chi connectivity index (χ3v) is 3.76. The zero-order valence-electron chi connectivity index (χ0n) is 11.9. The van der Waals surface area contributed by atoms with Crippen molar-refractivity contribution in [2.24, 2.45) is 5.16 Å². The molecule has 0 atom stereocenters. The Kier molecular flexibility index (Phi) is 4.49. The van der Waals surface area contributed by atoms with Crippen LogP contribution in [0, 0.1) is 0 Å². The van der Waals surface area contributed by atoms with E-state index in [0.717, 1.165) is 31.2 Å². The quantitative estimate of drug-likeness (QED) is 0.493. The van der Waals surface area contributed by atoms with Crippen LogP contribution in [0.5, 0.6) is 11.5 Å². The zero-order valence-corrected chi connectivity index (χ0v) is 11.9. The van der Waals surface area contributed by atoms with Crippen LogP contribution in [-0.2, 0) is 0 Å². The lowest BCUT2D eigenvalue weighted by Crippen LogP contribution is -2.32. The molecule has 0 radical (unpaired) electrons. The van der Waals surface area contributed by atoms with Gasteiger partial charge in [0.2, 0.25) is 0 Å². The van der Waals surface area contributed by atoms with Crippen LogP contribution in [0.1, 0.15) is 38.2 Å². The van der Waals surface area contributed by atoms with Gasteiger partial charge in [-0.25, -0.2) is 0 Å². The van der Waals surface area contributed by atoms with Gasteiger partial charge in [-0.05, 0) is 38.0 Å². The highest BCUT2D eigenvalue weighted by atomic mass is 16.5. The monoisotopic (exact) mass is 279 g/mol. The number of hydrogen-bond acceptors (Lipinski definition) is 5. The minimum Gasteiger partial charge on any atom is -0.493 e. The largest absolute Gasteiger partial charge is 0.493 e. The summed E-state index contributed by atoms with van der Waals surface area (Å²) in [5, 5.41) is 22.2. The Morgan fingerprint density at radius 3 is 2.60 bits per heavy atom. The van der Waals surface area contributed by atoms with Gasteiger partial charge in [-0.3, -0.25) is 0 Å². The van der Waals surface area contributed by atoms with Crippen molar-refractivity contribution >= 4 is 5.71 Å². The molecular weight excluding hydrogens is 258 g/mol. The molecule has 0 unspecified atom stereocenters. The average molecular weight is 279 g/mol. The van der Waals surface area contributed by atoms with Crippen LogP contribution in [0.2, 0.25) is 0 Å². The molecule has 0 amide bonds. The number of methoxy groups -OCH3 is 1. The summed E-state index contributed by atoms with van der Waals surface area (Å²) in [6.07, 6.45) is 3.65. The molecule has 5 heteroatoms. The molecule has 2 N–H and O–H groups in total. The molecular formula is C15H21NO4. The van der Waals surface area contributed by atoms with E-state index in [4.69, 9.17) is 14.7 Å². The van der Waals surface area contributed by atoms with Crippen LogP contribution in [0.25, 0.3) is 0 Å². The van der Waals surface area contributed by atoms with Gasteiger partial charge < -0.3 is 19.8 Å². The summed E-state index contributed by atoms with van der Waals surface area (Å²) < 4.78 is 11.0. The van der Waals surface area contributed by atoms with Crippen LogP contribution in [0.3, 0.4) is 0 Å². The second-order valence-corrected chi connectivity index (χ2v) is 5.27. The summed E-state index contributed by atoms with van der Waals surface area (Å²) in [5.41, 5.74) is 0.548. The van der Waals surface area contributed by atoms with E-state index in [1.165, 1.54) is 0 Å². The highest BCUT2D eigenvalue weighted by molar-refractivity contribution is 5.98. The van der Waals surface area contributed by atoms with Crippen molar-refractivity contribution in [2.45, 2.75) is 38.2 Å². The standard InChI is InChI=1S/C15H21NO4/c1-11(16-18)12-5-6-13(14(9-12)19-2)20-10-15(17)7-3-4-8-15/h5-6,9,17-18H,3-4,7-8,10H2,1-2H3. The second-order valence-electron chi connectivity index (χ2n) is 5.27. The first-order valence-electron chi connectivity index (χ1n) is 6.80. The summed E-state index contributed by atoms with van der Waals surface area (Å²) in [7, 11) is 1.56. The van der Waals surface area contributed by atoms with Crippen molar-refractivity contribution in [3.8, 4) is 11.5 Å². The maximum Gasteiger partial charge on any atom is 0.161 e. The molecule has 0 spiro atoms. The number of benzene rings is 1. The molecule has 1 aromatic rings. The zero-order chi connectivity index (χ0) is 14.6. The molecule has 1 aliphatic rings. The summed E-state index contributed by atoms with van der Waals surface area (Å²) in [5.74, 6) is 1.15. The van der Waals surface area contributed by atoms with Crippen molar-refractivity contribution in [3.05, 3.63) is 23.8 Å². The lowest BCUT2D eigenvalue weighted by atomic mass is 10.0. The predicted octanol–water partition coefficient (Wildman–Crippen LogP) is 2.58. The molecule has 1 saturated carbocycles. The smallest absolute Gasteiger partial charge is 0.161 e. The Morgan fingerprint density at radius 1 is 1.30 bits per heavy atom. The molecule has 0 saturated heterocycles. The van der Waals surface area contributed by atoms with E-state index in [9.17, 15) is 5.11 Å². The molecule has 5 nitrogen and oxygen atoms in total. The maximum absolute atomic E-state index is 10.3. The molecule has 20 heavy (non-hydrogen) atoms. The highest BCUT2D eigenvalue weighted by Gasteiger charge is 2.32. The van der Waals surface area contributed by atoms with E-state index in [1.54, 1.807) is 32.2 Å². The summed E-state index contributed by atoms with van der Waals surface area (Å²) >= 11 is 0. The van der Waals surface area contributed by atoms with Crippen molar-refractivity contribution in [3.63, 3.8) is 0 Å². The van der Waals surface area contributed by atoms with E-state index in [-0.39, 0.29) is 6.61 Å². The van der Waals surface area contributed by atoms with Gasteiger partial charge in [0.15, 0.2) is 11.5 Å². The summed E-state index contributed by atoms with van der Waals surface area (Å²) in [6.45, 7) is 1.98. The van der Waals surface area contributed by atoms with E-state index in [0.29, 0.717) is 17.2 Å². The van der Waals surface area contributed by atoms with Gasteiger partial charge in [0.05, 0.1) is 18.4 Å². The van der Waals surface area contributed by atoms with Crippen LogP contribution >= 0.6 is 0 Å². The van der Waals surface area contributed by atoms with Gasteiger partial charge in [0.1, 0.15) is 6.61 Å². The highest BCUT2D eigenvalue weighted by Crippen LogP contribution is 2.33. The summed E-state index contributed by atoms with van der Waals surface area (Å²) in [4.78, 5) is 0. The molecule has 2 rings (SSSR count). The van der Waals surface area contributed by atoms with Crippen LogP contribution < -0.4 is 9.47 Å². The van der Waals surface area contributed by atoms with Gasteiger partial charge in [0, 0.05) is 5.56 Å². The molecule has 0 aliphatic heterocycles. The third kappa shape index (κ3) is 3.22. The Balaban J connectivity index is 2.11. The minimum absolute atomic E-state index is 0.274. The Labute approximate surface area is 118 Å². The summed E-state index contributed by atoms with van der Waals surface area (Å²) in [6, 6.07) is 5.32. The van der Waals surface area contributed by atoms with Gasteiger partial charge >= 0.3 is 0 Å². The fraction of sp³-hybridized carbons (Fsp3) is 0.533. The number of rotatable bonds is 5. The van der Waals surface area contributed by atoms with Gasteiger partial charge in [0.25, 0.3) is 0 Å². The lowest BCUT2D eigenvalue weighted by molar-refractivity contribution is 0.000735. The van der Waals surface area contributed by atoms with Crippen LogP contribution in [0.15, 0.2) is 23.4 Å². The van der Waals surface area contributed by atoms with Gasteiger partial charge in [-0.15, -0.1) is 0 Å². The molecule has 0 bridgehead atoms. The normalized spacial score (nSPS) is 18.1. The van der Waals surface area contributed by atoms with Crippen LogP contribution in [0.4, 0.5) is 0 Å². The molecule has 1 fully saturated rings. The van der Waals surface area contributed by atoms with Crippen molar-refractivity contribution < 1.29 is 19.8 Å². The van der Waals surface area contributed by atoms with Crippen molar-refractivity contribution in [1.29, 1.82) is 0 Å². The SMILES string of the molecule is COc1cc(C(C)=NO)ccc1OCC1(O)CCCC1.